The van der Waals surface area contributed by atoms with Gasteiger partial charge in [0.2, 0.25) is 0 Å². The van der Waals surface area contributed by atoms with E-state index in [2.05, 4.69) is 21.9 Å². The lowest BCUT2D eigenvalue weighted by atomic mass is 10.1. The van der Waals surface area contributed by atoms with Crippen molar-refractivity contribution in [2.24, 2.45) is 11.5 Å². The summed E-state index contributed by atoms with van der Waals surface area (Å²) in [6.07, 6.45) is 1.63. The van der Waals surface area contributed by atoms with Crippen molar-refractivity contribution in [3.05, 3.63) is 58.7 Å². The summed E-state index contributed by atoms with van der Waals surface area (Å²) in [5, 5.41) is 15.5. The van der Waals surface area contributed by atoms with Gasteiger partial charge >= 0.3 is 0 Å². The van der Waals surface area contributed by atoms with Gasteiger partial charge in [0.15, 0.2) is 0 Å². The zero-order valence-electron chi connectivity index (χ0n) is 17.1. The largest absolute Gasteiger partial charge is 0.384 e. The Labute approximate surface area is 187 Å². The number of fused-ring (bicyclic) bond motifs is 2. The van der Waals surface area contributed by atoms with E-state index in [0.717, 1.165) is 62.8 Å². The van der Waals surface area contributed by atoms with Crippen molar-refractivity contribution in [3.8, 4) is 0 Å². The highest BCUT2D eigenvalue weighted by molar-refractivity contribution is 8.76. The number of nitrogens with one attached hydrogen (secondary N) is 4. The average molecular weight is 453 g/mol. The molecule has 0 amide bonds. The molecule has 2 aromatic heterocycles. The van der Waals surface area contributed by atoms with E-state index in [1.165, 1.54) is 0 Å². The summed E-state index contributed by atoms with van der Waals surface area (Å²) in [6.45, 7) is 2.16. The van der Waals surface area contributed by atoms with Crippen LogP contribution < -0.4 is 11.5 Å². The molecule has 31 heavy (non-hydrogen) atoms. The van der Waals surface area contributed by atoms with Crippen LogP contribution in [-0.4, -0.2) is 37.4 Å². The second kappa shape index (κ2) is 9.03. The molecule has 0 aliphatic carbocycles. The fourth-order valence-corrected chi connectivity index (χ4v) is 5.62. The molecule has 10 heteroatoms. The van der Waals surface area contributed by atoms with Crippen LogP contribution in [0.5, 0.6) is 0 Å². The molecular weight excluding hydrogens is 428 g/mol. The smallest absolute Gasteiger partial charge is 0.123 e. The van der Waals surface area contributed by atoms with Gasteiger partial charge in [-0.05, 0) is 36.8 Å². The molecule has 0 saturated carbocycles. The summed E-state index contributed by atoms with van der Waals surface area (Å²) in [6, 6.07) is 9.29. The van der Waals surface area contributed by atoms with Crippen molar-refractivity contribution < 1.29 is 0 Å². The fourth-order valence-electron chi connectivity index (χ4n) is 3.38. The van der Waals surface area contributed by atoms with Crippen molar-refractivity contribution in [2.45, 2.75) is 25.5 Å². The highest BCUT2D eigenvalue weighted by Crippen LogP contribution is 2.31. The quantitative estimate of drug-likeness (QED) is 0.0978. The van der Waals surface area contributed by atoms with Crippen LogP contribution >= 0.6 is 21.6 Å². The molecule has 4 rings (SSSR count). The predicted molar refractivity (Wildman–Crippen MR) is 131 cm³/mol. The number of nitrogens with two attached hydrogens (primary N) is 2. The van der Waals surface area contributed by atoms with Crippen LogP contribution in [0.1, 0.15) is 41.7 Å². The van der Waals surface area contributed by atoms with Gasteiger partial charge in [0.25, 0.3) is 0 Å². The molecule has 2 heterocycles. The first kappa shape index (κ1) is 21.3. The molecule has 0 spiro atoms. The predicted octanol–water partition coefficient (Wildman–Crippen LogP) is 3.89. The second-order valence-electron chi connectivity index (χ2n) is 7.18. The normalized spacial score (nSPS) is 11.4. The number of hydrogen-bond donors (Lipinski definition) is 6. The Morgan fingerprint density at radius 2 is 1.74 bits per heavy atom. The van der Waals surface area contributed by atoms with Gasteiger partial charge in [-0.3, -0.25) is 10.8 Å². The third kappa shape index (κ3) is 4.54. The number of hydrogen-bond acceptors (Lipinski definition) is 6. The molecule has 0 aliphatic heterocycles. The summed E-state index contributed by atoms with van der Waals surface area (Å²) in [5.41, 5.74) is 17.2. The number of aromatic nitrogens is 4. The van der Waals surface area contributed by atoms with Crippen molar-refractivity contribution in [3.63, 3.8) is 0 Å². The zero-order valence-corrected chi connectivity index (χ0v) is 18.7. The average Bonchev–Trinajstić information content (AvgIpc) is 3.33. The van der Waals surface area contributed by atoms with Gasteiger partial charge in [0.1, 0.15) is 23.3 Å². The molecule has 0 radical (unpaired) electrons. The molecule has 0 atom stereocenters. The Morgan fingerprint density at radius 3 is 2.48 bits per heavy atom. The summed E-state index contributed by atoms with van der Waals surface area (Å²) in [4.78, 5) is 16.1. The SMILES string of the molecule is CCCSSCc1c(C(=N)N)ccc2[nH]c(Cc3nc4ccc(C(=N)N)cc4[nH]3)nc12. The Morgan fingerprint density at radius 1 is 0.968 bits per heavy atom. The summed E-state index contributed by atoms with van der Waals surface area (Å²) < 4.78 is 0. The molecule has 8 N–H and O–H groups in total. The van der Waals surface area contributed by atoms with Crippen LogP contribution in [0.4, 0.5) is 0 Å². The fraction of sp³-hybridized carbons (Fsp3) is 0.238. The van der Waals surface area contributed by atoms with Gasteiger partial charge in [-0.15, -0.1) is 0 Å². The second-order valence-corrected chi connectivity index (χ2v) is 9.76. The number of rotatable bonds is 9. The van der Waals surface area contributed by atoms with E-state index in [1.54, 1.807) is 16.9 Å². The van der Waals surface area contributed by atoms with E-state index in [1.807, 2.05) is 35.1 Å². The topological polar surface area (TPSA) is 157 Å². The lowest BCUT2D eigenvalue weighted by molar-refractivity contribution is 0.959. The number of aromatic amines is 2. The first-order chi connectivity index (χ1) is 15.0. The van der Waals surface area contributed by atoms with E-state index in [4.69, 9.17) is 27.3 Å². The molecule has 0 aliphatic rings. The van der Waals surface area contributed by atoms with Crippen LogP contribution in [0.2, 0.25) is 0 Å². The molecule has 0 unspecified atom stereocenters. The Kier molecular flexibility index (Phi) is 6.19. The molecule has 160 valence electrons. The number of amidine groups is 2. The molecule has 0 saturated heterocycles. The number of nitrogen functional groups attached to an aromatic ring is 2. The van der Waals surface area contributed by atoms with Crippen LogP contribution in [0.3, 0.4) is 0 Å². The lowest BCUT2D eigenvalue weighted by Crippen LogP contribution is -2.13. The maximum atomic E-state index is 7.95. The first-order valence-electron chi connectivity index (χ1n) is 9.88. The van der Waals surface area contributed by atoms with Crippen LogP contribution in [0.25, 0.3) is 22.1 Å². The molecule has 2 aromatic carbocycles. The first-order valence-corrected chi connectivity index (χ1v) is 12.4. The van der Waals surface area contributed by atoms with Crippen LogP contribution in [0, 0.1) is 10.8 Å². The van der Waals surface area contributed by atoms with Gasteiger partial charge in [-0.25, -0.2) is 9.97 Å². The Hall–Kier alpha value is -2.98. The Balaban J connectivity index is 1.64. The molecule has 0 fully saturated rings. The zero-order chi connectivity index (χ0) is 22.0. The Bertz CT molecular complexity index is 1270. The third-order valence-electron chi connectivity index (χ3n) is 4.85. The number of benzene rings is 2. The van der Waals surface area contributed by atoms with Crippen molar-refractivity contribution in [2.75, 3.05) is 5.75 Å². The van der Waals surface area contributed by atoms with E-state index in [-0.39, 0.29) is 11.7 Å². The van der Waals surface area contributed by atoms with Crippen molar-refractivity contribution in [1.82, 2.24) is 19.9 Å². The summed E-state index contributed by atoms with van der Waals surface area (Å²) in [5.74, 6) is 3.46. The standard InChI is InChI=1S/C21H24N8S2/c1-2-7-30-31-10-13-12(21(24)25)4-6-15-19(13)29-18(27-15)9-17-26-14-5-3-11(20(22)23)8-16(14)28-17/h3-6,8H,2,7,9-10H2,1H3,(H3,22,23)(H3,24,25)(H,26,28)(H,27,29). The van der Waals surface area contributed by atoms with E-state index in [0.29, 0.717) is 12.0 Å². The van der Waals surface area contributed by atoms with Gasteiger partial charge < -0.3 is 21.4 Å². The number of nitrogens with zero attached hydrogens (tertiary/aromatic N) is 2. The van der Waals surface area contributed by atoms with E-state index < -0.39 is 0 Å². The van der Waals surface area contributed by atoms with Gasteiger partial charge in [0, 0.05) is 28.2 Å². The van der Waals surface area contributed by atoms with Gasteiger partial charge in [0.05, 0.1) is 28.5 Å². The van der Waals surface area contributed by atoms with Crippen LogP contribution in [-0.2, 0) is 12.2 Å². The van der Waals surface area contributed by atoms with Crippen molar-refractivity contribution >= 4 is 55.3 Å². The maximum Gasteiger partial charge on any atom is 0.123 e. The van der Waals surface area contributed by atoms with Gasteiger partial charge in [-0.1, -0.05) is 28.5 Å². The highest BCUT2D eigenvalue weighted by atomic mass is 33.1. The minimum Gasteiger partial charge on any atom is -0.384 e. The molecule has 0 bridgehead atoms. The van der Waals surface area contributed by atoms with E-state index in [9.17, 15) is 0 Å². The molecular formula is C21H24N8S2. The molecule has 8 nitrogen and oxygen atoms in total. The monoisotopic (exact) mass is 452 g/mol. The van der Waals surface area contributed by atoms with Crippen molar-refractivity contribution in [1.29, 1.82) is 10.8 Å². The van der Waals surface area contributed by atoms with Crippen LogP contribution in [0.15, 0.2) is 30.3 Å². The lowest BCUT2D eigenvalue weighted by Gasteiger charge is -2.08. The minimum atomic E-state index is 0.0270. The third-order valence-corrected chi connectivity index (χ3v) is 7.35. The number of H-pyrrole nitrogens is 2. The minimum absolute atomic E-state index is 0.0270. The summed E-state index contributed by atoms with van der Waals surface area (Å²) >= 11 is 0. The van der Waals surface area contributed by atoms with Gasteiger partial charge in [-0.2, -0.15) is 0 Å². The molecule has 4 aromatic rings. The maximum absolute atomic E-state index is 7.95. The summed E-state index contributed by atoms with van der Waals surface area (Å²) in [7, 11) is 3.58. The highest BCUT2D eigenvalue weighted by Gasteiger charge is 2.15. The van der Waals surface area contributed by atoms with E-state index >= 15 is 0 Å². The number of imidazole rings is 2.